The first kappa shape index (κ1) is 17.7. The highest BCUT2D eigenvalue weighted by Gasteiger charge is 2.10. The molecule has 0 aliphatic heterocycles. The molecular formula is C17H19FN2O4. The molecule has 0 spiro atoms. The minimum Gasteiger partial charge on any atom is -0.459 e. The summed E-state index contributed by atoms with van der Waals surface area (Å²) in [5.74, 6) is -0.719. The van der Waals surface area contributed by atoms with Gasteiger partial charge in [0.15, 0.2) is 5.76 Å². The fraction of sp³-hybridized carbons (Fsp3) is 0.294. The second kappa shape index (κ2) is 8.83. The number of benzene rings is 1. The van der Waals surface area contributed by atoms with Crippen LogP contribution in [-0.4, -0.2) is 30.0 Å². The van der Waals surface area contributed by atoms with Gasteiger partial charge in [-0.25, -0.2) is 4.39 Å². The summed E-state index contributed by atoms with van der Waals surface area (Å²) in [6, 6.07) is 8.62. The van der Waals surface area contributed by atoms with Crippen molar-refractivity contribution in [3.63, 3.8) is 0 Å². The molecule has 0 saturated heterocycles. The molecule has 3 N–H and O–H groups in total. The Hall–Kier alpha value is -2.67. The Morgan fingerprint density at radius 1 is 1.17 bits per heavy atom. The lowest BCUT2D eigenvalue weighted by Crippen LogP contribution is -2.30. The molecule has 128 valence electrons. The van der Waals surface area contributed by atoms with Gasteiger partial charge in [-0.05, 0) is 36.2 Å². The first-order chi connectivity index (χ1) is 11.6. The van der Waals surface area contributed by atoms with Gasteiger partial charge in [0.1, 0.15) is 5.82 Å². The maximum absolute atomic E-state index is 12.8. The number of halogens is 1. The average Bonchev–Trinajstić information content (AvgIpc) is 3.11. The molecule has 6 nitrogen and oxygen atoms in total. The van der Waals surface area contributed by atoms with Crippen molar-refractivity contribution >= 4 is 11.8 Å². The maximum Gasteiger partial charge on any atom is 0.286 e. The van der Waals surface area contributed by atoms with Gasteiger partial charge in [-0.1, -0.05) is 12.1 Å². The van der Waals surface area contributed by atoms with Crippen LogP contribution in [0.2, 0.25) is 0 Å². The van der Waals surface area contributed by atoms with E-state index in [1.165, 1.54) is 30.5 Å². The van der Waals surface area contributed by atoms with Crippen molar-refractivity contribution in [2.75, 3.05) is 13.1 Å². The number of amides is 2. The van der Waals surface area contributed by atoms with Crippen molar-refractivity contribution < 1.29 is 23.5 Å². The van der Waals surface area contributed by atoms with Crippen molar-refractivity contribution in [3.05, 3.63) is 59.8 Å². The molecule has 0 aliphatic carbocycles. The van der Waals surface area contributed by atoms with E-state index in [4.69, 9.17) is 4.42 Å². The normalized spacial score (nSPS) is 11.8. The van der Waals surface area contributed by atoms with Crippen molar-refractivity contribution in [2.24, 2.45) is 0 Å². The van der Waals surface area contributed by atoms with Crippen LogP contribution in [0.5, 0.6) is 0 Å². The predicted octanol–water partition coefficient (Wildman–Crippen LogP) is 1.78. The minimum atomic E-state index is -0.895. The number of carbonyl (C=O) groups is 2. The average molecular weight is 334 g/mol. The lowest BCUT2D eigenvalue weighted by Gasteiger charge is -2.12. The second-order valence-electron chi connectivity index (χ2n) is 5.21. The van der Waals surface area contributed by atoms with E-state index in [1.54, 1.807) is 12.1 Å². The number of carbonyl (C=O) groups excluding carboxylic acids is 2. The number of furan rings is 1. The smallest absolute Gasteiger partial charge is 0.286 e. The molecule has 0 aliphatic rings. The highest BCUT2D eigenvalue weighted by atomic mass is 19.1. The van der Waals surface area contributed by atoms with E-state index < -0.39 is 6.10 Å². The van der Waals surface area contributed by atoms with E-state index in [1.807, 2.05) is 0 Å². The van der Waals surface area contributed by atoms with Crippen LogP contribution in [0.15, 0.2) is 47.1 Å². The Morgan fingerprint density at radius 2 is 1.92 bits per heavy atom. The Kier molecular flexibility index (Phi) is 6.51. The van der Waals surface area contributed by atoms with Crippen molar-refractivity contribution in [2.45, 2.75) is 18.9 Å². The molecule has 0 bridgehead atoms. The third-order valence-electron chi connectivity index (χ3n) is 3.36. The first-order valence-electron chi connectivity index (χ1n) is 7.58. The van der Waals surface area contributed by atoms with Crippen LogP contribution in [0.3, 0.4) is 0 Å². The van der Waals surface area contributed by atoms with E-state index in [-0.39, 0.29) is 36.4 Å². The summed E-state index contributed by atoms with van der Waals surface area (Å²) in [5, 5.41) is 15.1. The van der Waals surface area contributed by atoms with Crippen LogP contribution in [0.4, 0.5) is 4.39 Å². The zero-order chi connectivity index (χ0) is 17.4. The molecule has 1 aromatic heterocycles. The van der Waals surface area contributed by atoms with E-state index >= 15 is 0 Å². The molecule has 2 rings (SSSR count). The van der Waals surface area contributed by atoms with Gasteiger partial charge in [-0.2, -0.15) is 0 Å². The van der Waals surface area contributed by atoms with Crippen LogP contribution in [0.1, 0.15) is 35.1 Å². The molecule has 1 heterocycles. The van der Waals surface area contributed by atoms with Crippen molar-refractivity contribution in [3.8, 4) is 0 Å². The molecule has 0 saturated carbocycles. The molecule has 0 radical (unpaired) electrons. The summed E-state index contributed by atoms with van der Waals surface area (Å²) < 4.78 is 17.7. The SMILES string of the molecule is O=C(CCCNC(=O)c1ccco1)NCC(O)c1ccc(F)cc1. The van der Waals surface area contributed by atoms with Gasteiger partial charge in [0.05, 0.1) is 12.4 Å². The monoisotopic (exact) mass is 334 g/mol. The summed E-state index contributed by atoms with van der Waals surface area (Å²) in [7, 11) is 0. The Balaban J connectivity index is 1.61. The molecule has 2 aromatic rings. The zero-order valence-electron chi connectivity index (χ0n) is 13.0. The first-order valence-corrected chi connectivity index (χ1v) is 7.58. The second-order valence-corrected chi connectivity index (χ2v) is 5.21. The topological polar surface area (TPSA) is 91.6 Å². The number of aliphatic hydroxyl groups is 1. The van der Waals surface area contributed by atoms with Gasteiger partial charge in [0.2, 0.25) is 5.91 Å². The summed E-state index contributed by atoms with van der Waals surface area (Å²) in [6.07, 6.45) is 1.20. The zero-order valence-corrected chi connectivity index (χ0v) is 13.0. The number of aliphatic hydroxyl groups excluding tert-OH is 1. The minimum absolute atomic E-state index is 0.0449. The molecule has 1 aromatic carbocycles. The molecule has 24 heavy (non-hydrogen) atoms. The fourth-order valence-corrected chi connectivity index (χ4v) is 2.05. The number of nitrogens with one attached hydrogen (secondary N) is 2. The van der Waals surface area contributed by atoms with Gasteiger partial charge in [0, 0.05) is 19.5 Å². The molecular weight excluding hydrogens is 315 g/mol. The van der Waals surface area contributed by atoms with E-state index in [0.29, 0.717) is 18.5 Å². The molecule has 0 fully saturated rings. The van der Waals surface area contributed by atoms with Crippen molar-refractivity contribution in [1.29, 1.82) is 0 Å². The summed E-state index contributed by atoms with van der Waals surface area (Å²) in [4.78, 5) is 23.3. The number of hydrogen-bond donors (Lipinski definition) is 3. The van der Waals surface area contributed by atoms with Gasteiger partial charge < -0.3 is 20.2 Å². The van der Waals surface area contributed by atoms with Gasteiger partial charge in [-0.3, -0.25) is 9.59 Å². The van der Waals surface area contributed by atoms with Crippen LogP contribution in [0.25, 0.3) is 0 Å². The Labute approximate surface area is 138 Å². The summed E-state index contributed by atoms with van der Waals surface area (Å²) >= 11 is 0. The molecule has 1 unspecified atom stereocenters. The Morgan fingerprint density at radius 3 is 2.58 bits per heavy atom. The van der Waals surface area contributed by atoms with Crippen LogP contribution in [0, 0.1) is 5.82 Å². The third-order valence-corrected chi connectivity index (χ3v) is 3.36. The van der Waals surface area contributed by atoms with Crippen LogP contribution in [-0.2, 0) is 4.79 Å². The van der Waals surface area contributed by atoms with Gasteiger partial charge in [-0.15, -0.1) is 0 Å². The van der Waals surface area contributed by atoms with Gasteiger partial charge >= 0.3 is 0 Å². The van der Waals surface area contributed by atoms with E-state index in [0.717, 1.165) is 0 Å². The van der Waals surface area contributed by atoms with Gasteiger partial charge in [0.25, 0.3) is 5.91 Å². The highest BCUT2D eigenvalue weighted by Crippen LogP contribution is 2.12. The summed E-state index contributed by atoms with van der Waals surface area (Å²) in [5.41, 5.74) is 0.530. The Bertz CT molecular complexity index is 656. The molecule has 1 atom stereocenters. The molecule has 7 heteroatoms. The van der Waals surface area contributed by atoms with E-state index in [2.05, 4.69) is 10.6 Å². The number of hydrogen-bond acceptors (Lipinski definition) is 4. The fourth-order valence-electron chi connectivity index (χ4n) is 2.05. The third kappa shape index (κ3) is 5.51. The van der Waals surface area contributed by atoms with Crippen LogP contribution < -0.4 is 10.6 Å². The van der Waals surface area contributed by atoms with E-state index in [9.17, 15) is 19.1 Å². The maximum atomic E-state index is 12.8. The highest BCUT2D eigenvalue weighted by molar-refractivity contribution is 5.91. The van der Waals surface area contributed by atoms with Crippen molar-refractivity contribution in [1.82, 2.24) is 10.6 Å². The summed E-state index contributed by atoms with van der Waals surface area (Å²) in [6.45, 7) is 0.386. The standard InChI is InChI=1S/C17H19FN2O4/c18-13-7-5-12(6-8-13)14(21)11-20-16(22)4-1-9-19-17(23)15-3-2-10-24-15/h2-3,5-8,10,14,21H,1,4,9,11H2,(H,19,23)(H,20,22). The lowest BCUT2D eigenvalue weighted by atomic mass is 10.1. The number of rotatable bonds is 8. The quantitative estimate of drug-likeness (QED) is 0.642. The lowest BCUT2D eigenvalue weighted by molar-refractivity contribution is -0.121. The van der Waals surface area contributed by atoms with Crippen LogP contribution >= 0.6 is 0 Å². The molecule has 2 amide bonds. The predicted molar refractivity (Wildman–Crippen MR) is 84.6 cm³/mol. The largest absolute Gasteiger partial charge is 0.459 e.